The quantitative estimate of drug-likeness (QED) is 0.798. The highest BCUT2D eigenvalue weighted by Gasteiger charge is 2.40. The van der Waals surface area contributed by atoms with Crippen molar-refractivity contribution >= 4 is 0 Å². The maximum Gasteiger partial charge on any atom is 0.0630 e. The van der Waals surface area contributed by atoms with Crippen LogP contribution in [0.3, 0.4) is 0 Å². The fraction of sp³-hybridized carbons (Fsp3) is 1.00. The fourth-order valence-corrected chi connectivity index (χ4v) is 3.53. The Morgan fingerprint density at radius 2 is 1.88 bits per heavy atom. The van der Waals surface area contributed by atoms with Crippen molar-refractivity contribution in [3.8, 4) is 0 Å². The Balaban J connectivity index is 1.95. The Bertz CT molecular complexity index is 211. The van der Waals surface area contributed by atoms with Crippen molar-refractivity contribution in [1.82, 2.24) is 0 Å². The first kappa shape index (κ1) is 12.4. The SMILES string of the molecule is CCC1CC(C(O)C2CCCC2)C(CC)O1. The smallest absolute Gasteiger partial charge is 0.0630 e. The average Bonchev–Trinajstić information content (AvgIpc) is 2.96. The Morgan fingerprint density at radius 3 is 2.44 bits per heavy atom. The van der Waals surface area contributed by atoms with Gasteiger partial charge in [0, 0.05) is 5.92 Å². The lowest BCUT2D eigenvalue weighted by molar-refractivity contribution is -0.0119. The number of hydrogen-bond donors (Lipinski definition) is 1. The maximum atomic E-state index is 10.5. The molecular weight excluding hydrogens is 200 g/mol. The van der Waals surface area contributed by atoms with Crippen LogP contribution < -0.4 is 0 Å². The minimum atomic E-state index is -0.107. The summed E-state index contributed by atoms with van der Waals surface area (Å²) in [5, 5.41) is 10.5. The molecule has 0 aromatic heterocycles. The molecule has 2 aliphatic rings. The predicted molar refractivity (Wildman–Crippen MR) is 65.3 cm³/mol. The van der Waals surface area contributed by atoms with Crippen molar-refractivity contribution in [2.24, 2.45) is 11.8 Å². The zero-order valence-corrected chi connectivity index (χ0v) is 10.7. The van der Waals surface area contributed by atoms with Crippen LogP contribution in [0, 0.1) is 11.8 Å². The van der Waals surface area contributed by atoms with E-state index in [2.05, 4.69) is 13.8 Å². The van der Waals surface area contributed by atoms with E-state index in [-0.39, 0.29) is 6.10 Å². The third-order valence-electron chi connectivity index (χ3n) is 4.56. The van der Waals surface area contributed by atoms with Gasteiger partial charge < -0.3 is 9.84 Å². The normalized spacial score (nSPS) is 38.1. The van der Waals surface area contributed by atoms with E-state index in [0.717, 1.165) is 19.3 Å². The van der Waals surface area contributed by atoms with E-state index in [1.807, 2.05) is 0 Å². The number of hydrogen-bond acceptors (Lipinski definition) is 2. The fourth-order valence-electron chi connectivity index (χ4n) is 3.53. The van der Waals surface area contributed by atoms with E-state index < -0.39 is 0 Å². The van der Waals surface area contributed by atoms with Crippen molar-refractivity contribution in [2.45, 2.75) is 77.1 Å². The Hall–Kier alpha value is -0.0800. The standard InChI is InChI=1S/C14H26O2/c1-3-11-9-12(13(4-2)16-11)14(15)10-7-5-6-8-10/h10-15H,3-9H2,1-2H3. The van der Waals surface area contributed by atoms with Crippen LogP contribution in [-0.4, -0.2) is 23.4 Å². The first-order chi connectivity index (χ1) is 7.76. The van der Waals surface area contributed by atoms with Crippen molar-refractivity contribution in [1.29, 1.82) is 0 Å². The van der Waals surface area contributed by atoms with Gasteiger partial charge in [0.2, 0.25) is 0 Å². The number of ether oxygens (including phenoxy) is 1. The molecule has 0 radical (unpaired) electrons. The molecule has 4 atom stereocenters. The van der Waals surface area contributed by atoms with Gasteiger partial charge in [0.1, 0.15) is 0 Å². The summed E-state index contributed by atoms with van der Waals surface area (Å²) in [6.07, 6.45) is 8.88. The van der Waals surface area contributed by atoms with Gasteiger partial charge in [-0.1, -0.05) is 26.7 Å². The molecule has 1 N–H and O–H groups in total. The Labute approximate surface area is 99.4 Å². The molecule has 1 aliphatic carbocycles. The van der Waals surface area contributed by atoms with Crippen molar-refractivity contribution in [3.05, 3.63) is 0 Å². The molecule has 0 spiro atoms. The lowest BCUT2D eigenvalue weighted by Crippen LogP contribution is -2.33. The summed E-state index contributed by atoms with van der Waals surface area (Å²) >= 11 is 0. The molecule has 94 valence electrons. The zero-order chi connectivity index (χ0) is 11.5. The zero-order valence-electron chi connectivity index (χ0n) is 10.7. The molecule has 0 bridgehead atoms. The highest BCUT2D eigenvalue weighted by atomic mass is 16.5. The summed E-state index contributed by atoms with van der Waals surface area (Å²) in [4.78, 5) is 0. The molecule has 1 heterocycles. The van der Waals surface area contributed by atoms with Crippen LogP contribution in [0.1, 0.15) is 58.8 Å². The molecule has 1 aliphatic heterocycles. The van der Waals surface area contributed by atoms with Gasteiger partial charge in [-0.2, -0.15) is 0 Å². The number of aliphatic hydroxyl groups excluding tert-OH is 1. The van der Waals surface area contributed by atoms with E-state index in [1.165, 1.54) is 25.7 Å². The van der Waals surface area contributed by atoms with Gasteiger partial charge in [-0.05, 0) is 38.0 Å². The van der Waals surface area contributed by atoms with Gasteiger partial charge in [-0.15, -0.1) is 0 Å². The molecule has 0 amide bonds. The van der Waals surface area contributed by atoms with Crippen molar-refractivity contribution < 1.29 is 9.84 Å². The van der Waals surface area contributed by atoms with Crippen LogP contribution in [0.15, 0.2) is 0 Å². The molecule has 0 aromatic rings. The van der Waals surface area contributed by atoms with Crippen LogP contribution in [0.5, 0.6) is 0 Å². The van der Waals surface area contributed by atoms with Crippen LogP contribution in [0.2, 0.25) is 0 Å². The Kier molecular flexibility index (Phi) is 4.26. The predicted octanol–water partition coefficient (Wildman–Crippen LogP) is 3.13. The lowest BCUT2D eigenvalue weighted by Gasteiger charge is -2.27. The molecule has 2 nitrogen and oxygen atoms in total. The number of rotatable bonds is 4. The maximum absolute atomic E-state index is 10.5. The molecule has 2 heteroatoms. The monoisotopic (exact) mass is 226 g/mol. The third kappa shape index (κ3) is 2.43. The van der Waals surface area contributed by atoms with Gasteiger partial charge in [-0.25, -0.2) is 0 Å². The molecule has 2 rings (SSSR count). The third-order valence-corrected chi connectivity index (χ3v) is 4.56. The Morgan fingerprint density at radius 1 is 1.19 bits per heavy atom. The number of aliphatic hydroxyl groups is 1. The van der Waals surface area contributed by atoms with Gasteiger partial charge in [0.15, 0.2) is 0 Å². The summed E-state index contributed by atoms with van der Waals surface area (Å²) < 4.78 is 5.99. The van der Waals surface area contributed by atoms with E-state index in [9.17, 15) is 5.11 Å². The molecule has 2 fully saturated rings. The van der Waals surface area contributed by atoms with Crippen LogP contribution in [-0.2, 0) is 4.74 Å². The molecule has 0 aromatic carbocycles. The molecule has 1 saturated carbocycles. The van der Waals surface area contributed by atoms with Crippen molar-refractivity contribution in [2.75, 3.05) is 0 Å². The minimum Gasteiger partial charge on any atom is -0.392 e. The molecule has 16 heavy (non-hydrogen) atoms. The van der Waals surface area contributed by atoms with E-state index in [1.54, 1.807) is 0 Å². The first-order valence-electron chi connectivity index (χ1n) is 7.09. The van der Waals surface area contributed by atoms with E-state index >= 15 is 0 Å². The van der Waals surface area contributed by atoms with E-state index in [0.29, 0.717) is 24.0 Å². The summed E-state index contributed by atoms with van der Waals surface area (Å²) in [5.74, 6) is 0.955. The molecule has 4 unspecified atom stereocenters. The topological polar surface area (TPSA) is 29.5 Å². The summed E-state index contributed by atoms with van der Waals surface area (Å²) in [7, 11) is 0. The van der Waals surface area contributed by atoms with Crippen LogP contribution >= 0.6 is 0 Å². The van der Waals surface area contributed by atoms with Gasteiger partial charge in [0.25, 0.3) is 0 Å². The van der Waals surface area contributed by atoms with Crippen LogP contribution in [0.4, 0.5) is 0 Å². The highest BCUT2D eigenvalue weighted by Crippen LogP contribution is 2.39. The second-order valence-corrected chi connectivity index (χ2v) is 5.55. The largest absolute Gasteiger partial charge is 0.392 e. The van der Waals surface area contributed by atoms with Crippen molar-refractivity contribution in [3.63, 3.8) is 0 Å². The minimum absolute atomic E-state index is 0.107. The van der Waals surface area contributed by atoms with Gasteiger partial charge in [0.05, 0.1) is 18.3 Å². The van der Waals surface area contributed by atoms with Crippen LogP contribution in [0.25, 0.3) is 0 Å². The second kappa shape index (κ2) is 5.50. The van der Waals surface area contributed by atoms with E-state index in [4.69, 9.17) is 4.74 Å². The molecular formula is C14H26O2. The summed E-state index contributed by atoms with van der Waals surface area (Å²) in [6.45, 7) is 4.36. The first-order valence-corrected chi connectivity index (χ1v) is 7.09. The van der Waals surface area contributed by atoms with Gasteiger partial charge in [-0.3, -0.25) is 0 Å². The molecule has 1 saturated heterocycles. The average molecular weight is 226 g/mol. The van der Waals surface area contributed by atoms with Gasteiger partial charge >= 0.3 is 0 Å². The second-order valence-electron chi connectivity index (χ2n) is 5.55. The summed E-state index contributed by atoms with van der Waals surface area (Å²) in [5.41, 5.74) is 0. The highest BCUT2D eigenvalue weighted by molar-refractivity contribution is 4.90. The lowest BCUT2D eigenvalue weighted by atomic mass is 9.83. The summed E-state index contributed by atoms with van der Waals surface area (Å²) in [6, 6.07) is 0.